The maximum atomic E-state index is 15.4. The zero-order valence-electron chi connectivity index (χ0n) is 31.2. The lowest BCUT2D eigenvalue weighted by Gasteiger charge is -2.46. The first-order valence-electron chi connectivity index (χ1n) is 18.1. The molecule has 1 aliphatic carbocycles. The minimum absolute atomic E-state index is 0.0569. The zero-order chi connectivity index (χ0) is 39.9. The molecule has 1 aromatic heterocycles. The number of aromatic nitrogens is 1. The fraction of sp³-hybridized carbons (Fsp3) is 0.526. The summed E-state index contributed by atoms with van der Waals surface area (Å²) in [4.78, 5) is 70.3. The van der Waals surface area contributed by atoms with Crippen molar-refractivity contribution >= 4 is 64.0 Å². The number of hydrogen-bond donors (Lipinski definition) is 1. The van der Waals surface area contributed by atoms with Crippen molar-refractivity contribution in [2.75, 3.05) is 19.6 Å². The number of amides is 3. The Morgan fingerprint density at radius 3 is 2.35 bits per heavy atom. The zero-order valence-corrected chi connectivity index (χ0v) is 33.5. The van der Waals surface area contributed by atoms with Crippen LogP contribution < -0.4 is 0 Å². The predicted octanol–water partition coefficient (Wildman–Crippen LogP) is 6.77. The summed E-state index contributed by atoms with van der Waals surface area (Å²) >= 11 is 13.3. The molecule has 1 aromatic carbocycles. The van der Waals surface area contributed by atoms with Gasteiger partial charge in [-0.3, -0.25) is 14.5 Å². The lowest BCUT2D eigenvalue weighted by Crippen LogP contribution is -2.67. The summed E-state index contributed by atoms with van der Waals surface area (Å²) in [5, 5.41) is 11.0. The summed E-state index contributed by atoms with van der Waals surface area (Å²) in [5.74, 6) is -3.55. The average molecular weight is 820 g/mol. The van der Waals surface area contributed by atoms with Crippen LogP contribution in [0.1, 0.15) is 78.0 Å². The van der Waals surface area contributed by atoms with E-state index in [1.165, 1.54) is 26.8 Å². The van der Waals surface area contributed by atoms with Crippen LogP contribution in [-0.4, -0.2) is 108 Å². The largest absolute Gasteiger partial charge is 0.480 e. The van der Waals surface area contributed by atoms with E-state index in [-0.39, 0.29) is 47.1 Å². The average Bonchev–Trinajstić information content (AvgIpc) is 3.44. The topological polar surface area (TPSA) is 136 Å². The van der Waals surface area contributed by atoms with Crippen LogP contribution in [-0.2, 0) is 24.7 Å². The van der Waals surface area contributed by atoms with E-state index in [1.54, 1.807) is 45.2 Å². The van der Waals surface area contributed by atoms with Gasteiger partial charge in [0.2, 0.25) is 5.91 Å². The molecule has 1 saturated carbocycles. The van der Waals surface area contributed by atoms with Crippen LogP contribution in [0.4, 0.5) is 13.6 Å². The van der Waals surface area contributed by atoms with Gasteiger partial charge in [0.15, 0.2) is 5.17 Å². The number of allylic oxidation sites excluding steroid dienone is 1. The smallest absolute Gasteiger partial charge is 0.410 e. The highest BCUT2D eigenvalue weighted by molar-refractivity contribution is 8.18. The van der Waals surface area contributed by atoms with Gasteiger partial charge in [-0.25, -0.2) is 28.3 Å². The lowest BCUT2D eigenvalue weighted by molar-refractivity contribution is -0.159. The normalized spacial score (nSPS) is 27.2. The van der Waals surface area contributed by atoms with E-state index in [0.29, 0.717) is 34.8 Å². The molecule has 5 aliphatic rings. The summed E-state index contributed by atoms with van der Waals surface area (Å²) in [5.41, 5.74) is -0.889. The lowest BCUT2D eigenvalue weighted by atomic mass is 9.81. The second-order valence-corrected chi connectivity index (χ2v) is 18.0. The highest BCUT2D eigenvalue weighted by Gasteiger charge is 2.60. The van der Waals surface area contributed by atoms with Gasteiger partial charge < -0.3 is 24.5 Å². The number of nitrogens with zero attached hydrogens (tertiary/aromatic N) is 6. The number of thioether (sulfide) groups is 1. The van der Waals surface area contributed by atoms with Gasteiger partial charge >= 0.3 is 12.1 Å². The fourth-order valence-corrected chi connectivity index (χ4v) is 9.73. The van der Waals surface area contributed by atoms with Crippen LogP contribution >= 0.6 is 35.0 Å². The molecule has 55 heavy (non-hydrogen) atoms. The first-order valence-corrected chi connectivity index (χ1v) is 19.7. The van der Waals surface area contributed by atoms with Crippen LogP contribution in [0.25, 0.3) is 0 Å². The van der Waals surface area contributed by atoms with E-state index in [0.717, 1.165) is 11.8 Å². The number of likely N-dealkylation sites (tertiary alicyclic amines) is 1. The quantitative estimate of drug-likeness (QED) is 0.313. The first-order chi connectivity index (χ1) is 25.7. The number of aliphatic carboxylic acids is 1. The molecule has 4 aliphatic heterocycles. The first kappa shape index (κ1) is 39.3. The number of aliphatic imine (C=N–C) groups is 1. The Morgan fingerprint density at radius 1 is 1.05 bits per heavy atom. The number of carboxylic acid groups (broad SMARTS) is 1. The molecule has 2 saturated heterocycles. The molecular weight excluding hydrogens is 777 g/mol. The third-order valence-electron chi connectivity index (χ3n) is 10.9. The Balaban J connectivity index is 1.22. The molecule has 3 amide bonds. The number of halogens is 4. The number of carbonyl (C=O) groups excluding carboxylic acids is 3. The molecule has 0 radical (unpaired) electrons. The highest BCUT2D eigenvalue weighted by atomic mass is 35.5. The van der Waals surface area contributed by atoms with Gasteiger partial charge in [0.25, 0.3) is 5.91 Å². The molecule has 7 rings (SSSR count). The number of carbonyl (C=O) groups is 4. The van der Waals surface area contributed by atoms with Crippen molar-refractivity contribution < 1.29 is 37.8 Å². The van der Waals surface area contributed by atoms with E-state index >= 15 is 8.78 Å². The maximum Gasteiger partial charge on any atom is 0.410 e. The number of carboxylic acids is 1. The van der Waals surface area contributed by atoms with Crippen molar-refractivity contribution in [3.63, 3.8) is 0 Å². The summed E-state index contributed by atoms with van der Waals surface area (Å²) in [6, 6.07) is 4.53. The molecule has 12 nitrogen and oxygen atoms in total. The van der Waals surface area contributed by atoms with Gasteiger partial charge in [-0.1, -0.05) is 49.2 Å². The molecule has 0 bridgehead atoms. The van der Waals surface area contributed by atoms with E-state index in [4.69, 9.17) is 32.9 Å². The predicted molar refractivity (Wildman–Crippen MR) is 203 cm³/mol. The Labute approximate surface area is 331 Å². The van der Waals surface area contributed by atoms with Crippen molar-refractivity contribution in [3.8, 4) is 0 Å². The molecule has 1 spiro atoms. The Kier molecular flexibility index (Phi) is 9.94. The van der Waals surface area contributed by atoms with Gasteiger partial charge in [-0.2, -0.15) is 0 Å². The second kappa shape index (κ2) is 13.9. The van der Waals surface area contributed by atoms with E-state index in [1.807, 2.05) is 25.7 Å². The van der Waals surface area contributed by atoms with Crippen LogP contribution in [0.3, 0.4) is 0 Å². The van der Waals surface area contributed by atoms with Crippen LogP contribution in [0.2, 0.25) is 10.2 Å². The molecule has 1 N–H and O–H groups in total. The number of hydrogen-bond acceptors (Lipinski definition) is 9. The summed E-state index contributed by atoms with van der Waals surface area (Å²) < 4.78 is 36.1. The molecular formula is C38H42Cl2F2N6O6S. The fourth-order valence-electron chi connectivity index (χ4n) is 8.13. The van der Waals surface area contributed by atoms with Gasteiger partial charge in [0.1, 0.15) is 45.3 Å². The number of rotatable bonds is 6. The van der Waals surface area contributed by atoms with Crippen molar-refractivity contribution in [3.05, 3.63) is 74.3 Å². The number of pyridine rings is 1. The SMILES string of the molecule is CC(C)C1=C(C(=O)N2C[C@H](F)C[C@@H]2C(=O)N2CC3(CC3)N(C(=O)OC(C)(C)C)C[C@@H]2C(=O)O)SC2=N[C@@](C)(c3ccc(Cl)nc3)[C@@H](c3ccc(Cl)c(F)c3)N21. The van der Waals surface area contributed by atoms with Crippen molar-refractivity contribution in [1.29, 1.82) is 0 Å². The van der Waals surface area contributed by atoms with Gasteiger partial charge in [-0.05, 0) is 82.0 Å². The van der Waals surface area contributed by atoms with Crippen LogP contribution in [0.5, 0.6) is 0 Å². The van der Waals surface area contributed by atoms with Crippen LogP contribution in [0.15, 0.2) is 52.1 Å². The minimum Gasteiger partial charge on any atom is -0.480 e. The summed E-state index contributed by atoms with van der Waals surface area (Å²) in [7, 11) is 0. The third-order valence-corrected chi connectivity index (χ3v) is 12.5. The van der Waals surface area contributed by atoms with E-state index < -0.39 is 70.7 Å². The number of fused-ring (bicyclic) bond motifs is 1. The minimum atomic E-state index is -1.55. The Hall–Kier alpha value is -3.95. The molecule has 5 heterocycles. The Morgan fingerprint density at radius 2 is 1.76 bits per heavy atom. The molecule has 17 heteroatoms. The molecule has 0 unspecified atom stereocenters. The van der Waals surface area contributed by atoms with Gasteiger partial charge in [-0.15, -0.1) is 0 Å². The van der Waals surface area contributed by atoms with E-state index in [9.17, 15) is 24.3 Å². The van der Waals surface area contributed by atoms with Crippen molar-refractivity contribution in [2.24, 2.45) is 10.9 Å². The van der Waals surface area contributed by atoms with E-state index in [2.05, 4.69) is 4.98 Å². The van der Waals surface area contributed by atoms with Gasteiger partial charge in [0, 0.05) is 30.4 Å². The number of alkyl halides is 1. The van der Waals surface area contributed by atoms with Crippen molar-refractivity contribution in [2.45, 2.75) is 102 Å². The standard InChI is InChI=1S/C38H42Cl2F2N6O6S/c1-19(2)28-29(55-34-44-37(6,21-8-10-27(40)43-15-21)30(48(28)34)20-7-9-23(39)24(42)13-20)32(50)45-16-22(41)14-25(45)31(49)46-18-38(11-12-38)47(17-26(46)33(51)52)35(53)54-36(3,4)5/h7-10,13,15,19,22,25-26,30H,11-12,14,16-18H2,1-6H3,(H,51,52)/t22-,25-,26-,30-,37+/m1/s1. The maximum absolute atomic E-state index is 15.4. The number of benzene rings is 1. The van der Waals surface area contributed by atoms with Crippen molar-refractivity contribution in [1.82, 2.24) is 24.6 Å². The third kappa shape index (κ3) is 6.94. The Bertz CT molecular complexity index is 2020. The summed E-state index contributed by atoms with van der Waals surface area (Å²) in [6.45, 7) is 10.0. The number of amidine groups is 1. The number of piperazine rings is 1. The molecule has 294 valence electrons. The molecule has 5 atom stereocenters. The summed E-state index contributed by atoms with van der Waals surface area (Å²) in [6.07, 6.45) is 0.145. The molecule has 2 aromatic rings. The van der Waals surface area contributed by atoms with Crippen LogP contribution in [0, 0.1) is 11.7 Å². The number of ether oxygens (including phenoxy) is 1. The second-order valence-electron chi connectivity index (χ2n) is 16.3. The highest BCUT2D eigenvalue weighted by Crippen LogP contribution is 2.56. The van der Waals surface area contributed by atoms with Gasteiger partial charge in [0.05, 0.1) is 29.7 Å². The monoisotopic (exact) mass is 818 g/mol. The molecule has 3 fully saturated rings.